The van der Waals surface area contributed by atoms with Gasteiger partial charge in [-0.25, -0.2) is 17.2 Å². The minimum atomic E-state index is -3.82. The Morgan fingerprint density at radius 3 is 2.21 bits per heavy atom. The summed E-state index contributed by atoms with van der Waals surface area (Å²) in [5.74, 6) is -1.35. The summed E-state index contributed by atoms with van der Waals surface area (Å²) in [7, 11) is -3.82. The summed E-state index contributed by atoms with van der Waals surface area (Å²) in [5, 5.41) is 3.57. The molecule has 0 bridgehead atoms. The van der Waals surface area contributed by atoms with E-state index in [-0.39, 0.29) is 10.7 Å². The van der Waals surface area contributed by atoms with Gasteiger partial charge in [-0.3, -0.25) is 4.72 Å². The quantitative estimate of drug-likeness (QED) is 0.778. The molecule has 0 radical (unpaired) electrons. The van der Waals surface area contributed by atoms with Crippen LogP contribution in [0.15, 0.2) is 57.9 Å². The molecular formula is C16H12F2N2O3S. The van der Waals surface area contributed by atoms with Gasteiger partial charge in [0.15, 0.2) is 17.5 Å². The van der Waals surface area contributed by atoms with Gasteiger partial charge in [0.05, 0.1) is 4.90 Å². The fraction of sp³-hybridized carbons (Fsp3) is 0.0625. The molecule has 0 saturated carbocycles. The molecule has 1 aromatic heterocycles. The van der Waals surface area contributed by atoms with Crippen LogP contribution >= 0.6 is 0 Å². The van der Waals surface area contributed by atoms with Crippen LogP contribution < -0.4 is 4.72 Å². The standard InChI is InChI=1S/C16H12F2N2O3S/c1-10-8-16(19-23-10)20-24(21,22)13-5-2-11(3-6-13)12-4-7-14(17)15(18)9-12/h2-9H,1H3,(H,19,20). The molecule has 2 aromatic carbocycles. The van der Waals surface area contributed by atoms with Crippen molar-refractivity contribution in [2.75, 3.05) is 4.72 Å². The fourth-order valence-electron chi connectivity index (χ4n) is 2.11. The second-order valence-electron chi connectivity index (χ2n) is 5.08. The topological polar surface area (TPSA) is 72.2 Å². The third-order valence-electron chi connectivity index (χ3n) is 3.28. The van der Waals surface area contributed by atoms with E-state index in [4.69, 9.17) is 4.52 Å². The van der Waals surface area contributed by atoms with Crippen molar-refractivity contribution in [2.24, 2.45) is 0 Å². The van der Waals surface area contributed by atoms with E-state index in [0.717, 1.165) is 12.1 Å². The molecule has 3 aromatic rings. The van der Waals surface area contributed by atoms with Gasteiger partial charge in [-0.15, -0.1) is 0 Å². The third kappa shape index (κ3) is 3.28. The summed E-state index contributed by atoms with van der Waals surface area (Å²) in [4.78, 5) is 0.00878. The first kappa shape index (κ1) is 16.1. The predicted molar refractivity (Wildman–Crippen MR) is 83.8 cm³/mol. The maximum atomic E-state index is 13.3. The van der Waals surface area contributed by atoms with Crippen LogP contribution in [-0.2, 0) is 10.0 Å². The molecule has 5 nitrogen and oxygen atoms in total. The summed E-state index contributed by atoms with van der Waals surface area (Å²) in [6, 6.07) is 10.7. The number of benzene rings is 2. The zero-order valence-electron chi connectivity index (χ0n) is 12.5. The molecule has 0 aliphatic carbocycles. The van der Waals surface area contributed by atoms with Gasteiger partial charge in [-0.05, 0) is 42.3 Å². The summed E-state index contributed by atoms with van der Waals surface area (Å²) in [6.45, 7) is 1.64. The SMILES string of the molecule is Cc1cc(NS(=O)(=O)c2ccc(-c3ccc(F)c(F)c3)cc2)no1. The van der Waals surface area contributed by atoms with E-state index in [1.165, 1.54) is 36.4 Å². The van der Waals surface area contributed by atoms with Crippen molar-refractivity contribution in [1.29, 1.82) is 0 Å². The van der Waals surface area contributed by atoms with Crippen molar-refractivity contribution in [3.63, 3.8) is 0 Å². The fourth-order valence-corrected chi connectivity index (χ4v) is 3.10. The highest BCUT2D eigenvalue weighted by Gasteiger charge is 2.16. The monoisotopic (exact) mass is 350 g/mol. The highest BCUT2D eigenvalue weighted by molar-refractivity contribution is 7.92. The number of hydrogen-bond donors (Lipinski definition) is 1. The number of nitrogens with one attached hydrogen (secondary N) is 1. The van der Waals surface area contributed by atoms with Crippen molar-refractivity contribution in [2.45, 2.75) is 11.8 Å². The molecule has 0 aliphatic rings. The third-order valence-corrected chi connectivity index (χ3v) is 4.66. The molecule has 24 heavy (non-hydrogen) atoms. The Bertz CT molecular complexity index is 983. The normalized spacial score (nSPS) is 11.5. The lowest BCUT2D eigenvalue weighted by Gasteiger charge is -2.07. The van der Waals surface area contributed by atoms with E-state index in [9.17, 15) is 17.2 Å². The van der Waals surface area contributed by atoms with Crippen LogP contribution in [0.4, 0.5) is 14.6 Å². The summed E-state index contributed by atoms with van der Waals surface area (Å²) in [5.41, 5.74) is 1.00. The van der Waals surface area contributed by atoms with Gasteiger partial charge in [0.1, 0.15) is 5.76 Å². The molecular weight excluding hydrogens is 338 g/mol. The number of aryl methyl sites for hydroxylation is 1. The van der Waals surface area contributed by atoms with E-state index in [0.29, 0.717) is 16.9 Å². The van der Waals surface area contributed by atoms with Gasteiger partial charge in [0, 0.05) is 6.07 Å². The molecule has 8 heteroatoms. The number of anilines is 1. The summed E-state index contributed by atoms with van der Waals surface area (Å²) in [6.07, 6.45) is 0. The Balaban J connectivity index is 1.86. The molecule has 0 saturated heterocycles. The van der Waals surface area contributed by atoms with Gasteiger partial charge in [-0.2, -0.15) is 0 Å². The number of nitrogens with zero attached hydrogens (tertiary/aromatic N) is 1. The number of halogens is 2. The van der Waals surface area contributed by atoms with Crippen molar-refractivity contribution >= 4 is 15.8 Å². The molecule has 0 spiro atoms. The van der Waals surface area contributed by atoms with Crippen LogP contribution in [0.3, 0.4) is 0 Å². The van der Waals surface area contributed by atoms with E-state index in [1.54, 1.807) is 6.92 Å². The second-order valence-corrected chi connectivity index (χ2v) is 6.76. The van der Waals surface area contributed by atoms with Gasteiger partial charge < -0.3 is 4.52 Å². The van der Waals surface area contributed by atoms with Crippen LogP contribution in [0.1, 0.15) is 5.76 Å². The van der Waals surface area contributed by atoms with E-state index in [2.05, 4.69) is 9.88 Å². The Morgan fingerprint density at radius 2 is 1.62 bits per heavy atom. The van der Waals surface area contributed by atoms with Crippen molar-refractivity contribution < 1.29 is 21.7 Å². The minimum Gasteiger partial charge on any atom is -0.360 e. The lowest BCUT2D eigenvalue weighted by molar-refractivity contribution is 0.400. The predicted octanol–water partition coefficient (Wildman–Crippen LogP) is 3.73. The summed E-state index contributed by atoms with van der Waals surface area (Å²) < 4.78 is 57.8. The zero-order valence-corrected chi connectivity index (χ0v) is 13.3. The Hall–Kier alpha value is -2.74. The molecule has 0 unspecified atom stereocenters. The van der Waals surface area contributed by atoms with Crippen molar-refractivity contribution in [3.8, 4) is 11.1 Å². The molecule has 0 amide bonds. The largest absolute Gasteiger partial charge is 0.360 e. The highest BCUT2D eigenvalue weighted by atomic mass is 32.2. The Morgan fingerprint density at radius 1 is 0.958 bits per heavy atom. The first-order valence-electron chi connectivity index (χ1n) is 6.87. The average molecular weight is 350 g/mol. The maximum Gasteiger partial charge on any atom is 0.263 e. The van der Waals surface area contributed by atoms with Gasteiger partial charge in [0.2, 0.25) is 0 Å². The Kier molecular flexibility index (Phi) is 4.06. The molecule has 124 valence electrons. The van der Waals surface area contributed by atoms with E-state index >= 15 is 0 Å². The van der Waals surface area contributed by atoms with Crippen LogP contribution in [-0.4, -0.2) is 13.6 Å². The van der Waals surface area contributed by atoms with Crippen LogP contribution in [0.5, 0.6) is 0 Å². The molecule has 1 N–H and O–H groups in total. The second kappa shape index (κ2) is 6.04. The number of aromatic nitrogens is 1. The Labute approximate surface area is 137 Å². The first-order valence-corrected chi connectivity index (χ1v) is 8.35. The minimum absolute atomic E-state index is 0.00878. The maximum absolute atomic E-state index is 13.3. The van der Waals surface area contributed by atoms with Gasteiger partial charge in [0.25, 0.3) is 10.0 Å². The summed E-state index contributed by atoms with van der Waals surface area (Å²) >= 11 is 0. The first-order chi connectivity index (χ1) is 11.3. The number of hydrogen-bond acceptors (Lipinski definition) is 4. The lowest BCUT2D eigenvalue weighted by atomic mass is 10.1. The molecule has 1 heterocycles. The van der Waals surface area contributed by atoms with Crippen LogP contribution in [0, 0.1) is 18.6 Å². The van der Waals surface area contributed by atoms with Crippen molar-refractivity contribution in [3.05, 3.63) is 65.9 Å². The molecule has 0 atom stereocenters. The molecule has 0 fully saturated rings. The highest BCUT2D eigenvalue weighted by Crippen LogP contribution is 2.24. The zero-order chi connectivity index (χ0) is 17.3. The van der Waals surface area contributed by atoms with E-state index < -0.39 is 21.7 Å². The average Bonchev–Trinajstić information content (AvgIpc) is 2.94. The number of rotatable bonds is 4. The smallest absolute Gasteiger partial charge is 0.263 e. The molecule has 3 rings (SSSR count). The van der Waals surface area contributed by atoms with Crippen LogP contribution in [0.2, 0.25) is 0 Å². The van der Waals surface area contributed by atoms with Gasteiger partial charge in [-0.1, -0.05) is 23.4 Å². The van der Waals surface area contributed by atoms with Crippen LogP contribution in [0.25, 0.3) is 11.1 Å². The number of sulfonamides is 1. The van der Waals surface area contributed by atoms with Crippen molar-refractivity contribution in [1.82, 2.24) is 5.16 Å². The van der Waals surface area contributed by atoms with E-state index in [1.807, 2.05) is 0 Å². The lowest BCUT2D eigenvalue weighted by Crippen LogP contribution is -2.13. The molecule has 0 aliphatic heterocycles. The van der Waals surface area contributed by atoms with Gasteiger partial charge >= 0.3 is 0 Å².